The lowest BCUT2D eigenvalue weighted by Gasteiger charge is -2.24. The van der Waals surface area contributed by atoms with E-state index in [1.165, 1.54) is 15.8 Å². The molecule has 1 amide bonds. The highest BCUT2D eigenvalue weighted by Gasteiger charge is 2.49. The summed E-state index contributed by atoms with van der Waals surface area (Å²) in [6, 6.07) is 6.45. The van der Waals surface area contributed by atoms with Gasteiger partial charge in [0, 0.05) is 6.42 Å². The molecule has 2 aliphatic heterocycles. The van der Waals surface area contributed by atoms with Crippen LogP contribution >= 0.6 is 0 Å². The van der Waals surface area contributed by atoms with Crippen molar-refractivity contribution in [3.8, 4) is 17.2 Å². The average molecular weight is 329 g/mol. The Kier molecular flexibility index (Phi) is 3.19. The molecular weight excluding hydrogens is 314 g/mol. The molecule has 2 aliphatic rings. The van der Waals surface area contributed by atoms with E-state index in [-0.39, 0.29) is 17.5 Å². The van der Waals surface area contributed by atoms with Crippen LogP contribution in [0.15, 0.2) is 30.5 Å². The van der Waals surface area contributed by atoms with Gasteiger partial charge in [-0.3, -0.25) is 4.79 Å². The number of esters is 1. The summed E-state index contributed by atoms with van der Waals surface area (Å²) in [5.41, 5.74) is 0.596. The van der Waals surface area contributed by atoms with Crippen LogP contribution in [0.25, 0.3) is 5.69 Å². The molecule has 8 nitrogen and oxygen atoms in total. The fourth-order valence-corrected chi connectivity index (χ4v) is 3.09. The van der Waals surface area contributed by atoms with Gasteiger partial charge in [0.2, 0.25) is 0 Å². The minimum atomic E-state index is -0.576. The second-order valence-corrected chi connectivity index (χ2v) is 5.77. The lowest BCUT2D eigenvalue weighted by Crippen LogP contribution is -2.44. The summed E-state index contributed by atoms with van der Waals surface area (Å²) in [5, 5.41) is 14.3. The molecule has 2 saturated heterocycles. The van der Waals surface area contributed by atoms with Crippen LogP contribution in [0.4, 0.5) is 0 Å². The molecule has 124 valence electrons. The molecule has 24 heavy (non-hydrogen) atoms. The Morgan fingerprint density at radius 2 is 2.12 bits per heavy atom. The fraction of sp³-hybridized carbons (Fsp3) is 0.312. The Labute approximate surface area is 137 Å². The SMILES string of the molecule is COc1ccc(-n2cc(O)c(C(=O)N3CC4CC3C(=O)O4)n2)cc1. The quantitative estimate of drug-likeness (QED) is 0.834. The van der Waals surface area contributed by atoms with E-state index in [0.29, 0.717) is 24.4 Å². The number of nitrogens with zero attached hydrogens (tertiary/aromatic N) is 3. The maximum atomic E-state index is 12.6. The number of rotatable bonds is 3. The Balaban J connectivity index is 1.61. The Morgan fingerprint density at radius 3 is 2.75 bits per heavy atom. The zero-order valence-corrected chi connectivity index (χ0v) is 12.9. The van der Waals surface area contributed by atoms with Crippen LogP contribution in [0.3, 0.4) is 0 Å². The van der Waals surface area contributed by atoms with Gasteiger partial charge in [0.1, 0.15) is 17.9 Å². The van der Waals surface area contributed by atoms with Gasteiger partial charge in [-0.1, -0.05) is 0 Å². The molecular formula is C16H15N3O5. The van der Waals surface area contributed by atoms with Gasteiger partial charge in [-0.2, -0.15) is 5.10 Å². The third-order valence-corrected chi connectivity index (χ3v) is 4.31. The number of fused-ring (bicyclic) bond motifs is 2. The van der Waals surface area contributed by atoms with Gasteiger partial charge in [-0.25, -0.2) is 9.48 Å². The van der Waals surface area contributed by atoms with Gasteiger partial charge < -0.3 is 19.5 Å². The molecule has 2 fully saturated rings. The zero-order valence-electron chi connectivity index (χ0n) is 12.9. The van der Waals surface area contributed by atoms with E-state index in [4.69, 9.17) is 9.47 Å². The van der Waals surface area contributed by atoms with Crippen LogP contribution in [0, 0.1) is 0 Å². The number of ether oxygens (including phenoxy) is 2. The first-order valence-corrected chi connectivity index (χ1v) is 7.51. The molecule has 2 aromatic rings. The van der Waals surface area contributed by atoms with Crippen molar-refractivity contribution in [2.45, 2.75) is 18.6 Å². The van der Waals surface area contributed by atoms with Gasteiger partial charge in [-0.05, 0) is 24.3 Å². The summed E-state index contributed by atoms with van der Waals surface area (Å²) in [6.45, 7) is 0.337. The maximum Gasteiger partial charge on any atom is 0.329 e. The van der Waals surface area contributed by atoms with E-state index in [1.807, 2.05) is 0 Å². The Morgan fingerprint density at radius 1 is 1.38 bits per heavy atom. The summed E-state index contributed by atoms with van der Waals surface area (Å²) in [4.78, 5) is 25.7. The van der Waals surface area contributed by atoms with Crippen molar-refractivity contribution >= 4 is 11.9 Å². The van der Waals surface area contributed by atoms with Crippen molar-refractivity contribution < 1.29 is 24.2 Å². The summed E-state index contributed by atoms with van der Waals surface area (Å²) in [7, 11) is 1.57. The molecule has 3 heterocycles. The van der Waals surface area contributed by atoms with Gasteiger partial charge >= 0.3 is 5.97 Å². The van der Waals surface area contributed by atoms with E-state index < -0.39 is 17.9 Å². The minimum Gasteiger partial charge on any atom is -0.504 e. The molecule has 8 heteroatoms. The van der Waals surface area contributed by atoms with Gasteiger partial charge in [0.15, 0.2) is 11.4 Å². The van der Waals surface area contributed by atoms with Crippen LogP contribution < -0.4 is 4.74 Å². The number of benzene rings is 1. The third kappa shape index (κ3) is 2.18. The standard InChI is InChI=1S/C16H15N3O5/c1-23-10-4-2-9(3-5-10)19-8-13(20)14(17-19)15(21)18-7-11-6-12(18)16(22)24-11/h2-5,8,11-12,20H,6-7H2,1H3. The smallest absolute Gasteiger partial charge is 0.329 e. The molecule has 1 aromatic heterocycles. The van der Waals surface area contributed by atoms with E-state index in [1.54, 1.807) is 31.4 Å². The van der Waals surface area contributed by atoms with Crippen molar-refractivity contribution in [1.82, 2.24) is 14.7 Å². The monoisotopic (exact) mass is 329 g/mol. The first-order chi connectivity index (χ1) is 11.6. The average Bonchev–Trinajstić information content (AvgIpc) is 3.27. The van der Waals surface area contributed by atoms with Crippen LogP contribution in [0.1, 0.15) is 16.9 Å². The normalized spacial score (nSPS) is 21.9. The Hall–Kier alpha value is -3.03. The summed E-state index contributed by atoms with van der Waals surface area (Å²) >= 11 is 0. The number of methoxy groups -OCH3 is 1. The van der Waals surface area contributed by atoms with E-state index in [2.05, 4.69) is 5.10 Å². The molecule has 2 unspecified atom stereocenters. The fourth-order valence-electron chi connectivity index (χ4n) is 3.09. The van der Waals surface area contributed by atoms with Crippen LogP contribution in [-0.2, 0) is 9.53 Å². The summed E-state index contributed by atoms with van der Waals surface area (Å²) < 4.78 is 11.6. The highest BCUT2D eigenvalue weighted by Crippen LogP contribution is 2.31. The lowest BCUT2D eigenvalue weighted by atomic mass is 10.2. The maximum absolute atomic E-state index is 12.6. The number of likely N-dealkylation sites (tertiary alicyclic amines) is 1. The predicted octanol–water partition coefficient (Wildman–Crippen LogP) is 0.726. The van der Waals surface area contributed by atoms with E-state index in [9.17, 15) is 14.7 Å². The summed E-state index contributed by atoms with van der Waals surface area (Å²) in [6.07, 6.45) is 1.61. The predicted molar refractivity (Wildman–Crippen MR) is 81.1 cm³/mol. The van der Waals surface area contributed by atoms with E-state index in [0.717, 1.165) is 0 Å². The molecule has 2 bridgehead atoms. The molecule has 2 atom stereocenters. The highest BCUT2D eigenvalue weighted by molar-refractivity contribution is 5.98. The first-order valence-electron chi connectivity index (χ1n) is 7.51. The number of carbonyl (C=O) groups is 2. The number of aromatic nitrogens is 2. The van der Waals surface area contributed by atoms with Crippen LogP contribution in [-0.4, -0.2) is 57.5 Å². The van der Waals surface area contributed by atoms with Crippen molar-refractivity contribution in [3.05, 3.63) is 36.2 Å². The summed E-state index contributed by atoms with van der Waals surface area (Å²) in [5.74, 6) is -0.400. The molecule has 0 saturated carbocycles. The molecule has 0 spiro atoms. The van der Waals surface area contributed by atoms with Gasteiger partial charge in [0.25, 0.3) is 5.91 Å². The van der Waals surface area contributed by atoms with Crippen molar-refractivity contribution in [3.63, 3.8) is 0 Å². The molecule has 4 rings (SSSR count). The van der Waals surface area contributed by atoms with Crippen LogP contribution in [0.5, 0.6) is 11.5 Å². The molecule has 0 aliphatic carbocycles. The number of amides is 1. The lowest BCUT2D eigenvalue weighted by molar-refractivity contribution is -0.149. The number of carbonyl (C=O) groups excluding carboxylic acids is 2. The minimum absolute atomic E-state index is 0.0776. The number of hydrogen-bond donors (Lipinski definition) is 1. The van der Waals surface area contributed by atoms with Gasteiger partial charge in [-0.15, -0.1) is 0 Å². The van der Waals surface area contributed by atoms with Crippen molar-refractivity contribution in [2.24, 2.45) is 0 Å². The number of morpholine rings is 1. The van der Waals surface area contributed by atoms with Crippen molar-refractivity contribution in [1.29, 1.82) is 0 Å². The number of aromatic hydroxyl groups is 1. The largest absolute Gasteiger partial charge is 0.504 e. The molecule has 0 radical (unpaired) electrons. The topological polar surface area (TPSA) is 93.9 Å². The Bertz CT molecular complexity index is 814. The number of hydrogen-bond acceptors (Lipinski definition) is 6. The second-order valence-electron chi connectivity index (χ2n) is 5.77. The van der Waals surface area contributed by atoms with E-state index >= 15 is 0 Å². The molecule has 1 aromatic carbocycles. The second kappa shape index (κ2) is 5.26. The van der Waals surface area contributed by atoms with Gasteiger partial charge in [0.05, 0.1) is 25.5 Å². The third-order valence-electron chi connectivity index (χ3n) is 4.31. The van der Waals surface area contributed by atoms with Crippen molar-refractivity contribution in [2.75, 3.05) is 13.7 Å². The first kappa shape index (κ1) is 14.6. The highest BCUT2D eigenvalue weighted by atomic mass is 16.6. The zero-order chi connectivity index (χ0) is 16.8. The van der Waals surface area contributed by atoms with Crippen LogP contribution in [0.2, 0.25) is 0 Å². The molecule has 1 N–H and O–H groups in total.